The van der Waals surface area contributed by atoms with E-state index in [-0.39, 0.29) is 51.1 Å². The molecule has 4 aliphatic rings. The normalized spacial score (nSPS) is 25.7. The summed E-state index contributed by atoms with van der Waals surface area (Å²) in [6, 6.07) is 6.25. The lowest BCUT2D eigenvalue weighted by Crippen LogP contribution is -2.45. The van der Waals surface area contributed by atoms with Crippen LogP contribution in [0.4, 0.5) is 19.0 Å². The van der Waals surface area contributed by atoms with E-state index in [1.807, 2.05) is 0 Å². The van der Waals surface area contributed by atoms with Gasteiger partial charge in [-0.05, 0) is 68.7 Å². The Bertz CT molecular complexity index is 1820. The van der Waals surface area contributed by atoms with E-state index in [4.69, 9.17) is 16.9 Å². The molecule has 2 aromatic carbocycles. The Kier molecular flexibility index (Phi) is 7.02. The number of piperidine rings is 1. The number of nitrogens with zero attached hydrogens (tertiary/aromatic N) is 5. The van der Waals surface area contributed by atoms with Gasteiger partial charge in [-0.2, -0.15) is 9.97 Å². The number of pyridine rings is 1. The van der Waals surface area contributed by atoms with Crippen molar-refractivity contribution in [1.29, 1.82) is 0 Å². The Hall–Kier alpha value is -4.14. The molecular formula is C33H33F3N6O2. The third-order valence-corrected chi connectivity index (χ3v) is 9.55. The van der Waals surface area contributed by atoms with Crippen LogP contribution in [0.25, 0.3) is 32.9 Å². The minimum Gasteiger partial charge on any atom is -0.508 e. The molecule has 228 valence electrons. The molecule has 1 saturated carbocycles. The third-order valence-electron chi connectivity index (χ3n) is 9.55. The molecule has 4 atom stereocenters. The molecule has 8 nitrogen and oxygen atoms in total. The molecule has 0 amide bonds. The fraction of sp³-hybridized carbons (Fsp3) is 0.424. The number of benzene rings is 2. The quantitative estimate of drug-likeness (QED) is 0.313. The van der Waals surface area contributed by atoms with Crippen molar-refractivity contribution in [2.24, 2.45) is 5.73 Å². The third kappa shape index (κ3) is 4.77. The first-order chi connectivity index (χ1) is 21.2. The van der Waals surface area contributed by atoms with Crippen molar-refractivity contribution in [3.05, 3.63) is 47.7 Å². The van der Waals surface area contributed by atoms with Crippen molar-refractivity contribution in [2.45, 2.75) is 62.3 Å². The molecule has 44 heavy (non-hydrogen) atoms. The van der Waals surface area contributed by atoms with E-state index in [0.717, 1.165) is 32.2 Å². The van der Waals surface area contributed by atoms with Gasteiger partial charge in [-0.1, -0.05) is 12.0 Å². The Morgan fingerprint density at radius 3 is 2.73 bits per heavy atom. The van der Waals surface area contributed by atoms with E-state index in [2.05, 4.69) is 30.7 Å². The Morgan fingerprint density at radius 1 is 1.18 bits per heavy atom. The highest BCUT2D eigenvalue weighted by atomic mass is 19.1. The van der Waals surface area contributed by atoms with Crippen molar-refractivity contribution < 1.29 is 23.0 Å². The van der Waals surface area contributed by atoms with Gasteiger partial charge in [0, 0.05) is 47.9 Å². The molecule has 5 heterocycles. The molecule has 2 aromatic heterocycles. The van der Waals surface area contributed by atoms with Gasteiger partial charge < -0.3 is 20.5 Å². The lowest BCUT2D eigenvalue weighted by molar-refractivity contribution is 0.292. The average Bonchev–Trinajstić information content (AvgIpc) is 3.77. The number of phenols is 1. The van der Waals surface area contributed by atoms with Crippen LogP contribution in [0.3, 0.4) is 0 Å². The predicted molar refractivity (Wildman–Crippen MR) is 162 cm³/mol. The summed E-state index contributed by atoms with van der Waals surface area (Å²) < 4.78 is 48.5. The van der Waals surface area contributed by atoms with Gasteiger partial charge >= 0.3 is 6.01 Å². The summed E-state index contributed by atoms with van der Waals surface area (Å²) in [6.45, 7) is 2.45. The summed E-state index contributed by atoms with van der Waals surface area (Å²) in [5, 5.41) is 11.5. The molecule has 1 aliphatic carbocycles. The molecule has 0 spiro atoms. The van der Waals surface area contributed by atoms with Gasteiger partial charge in [0.05, 0.1) is 18.1 Å². The Morgan fingerprint density at radius 2 is 2.02 bits per heavy atom. The second-order valence-corrected chi connectivity index (χ2v) is 12.4. The van der Waals surface area contributed by atoms with Crippen LogP contribution in [0.15, 0.2) is 30.5 Å². The Balaban J connectivity index is 0.000000296. The zero-order valence-electron chi connectivity index (χ0n) is 24.4. The molecule has 3 N–H and O–H groups in total. The molecule has 2 bridgehead atoms. The lowest BCUT2D eigenvalue weighted by Gasteiger charge is -2.31. The number of rotatable bonds is 3. The maximum atomic E-state index is 16.1. The van der Waals surface area contributed by atoms with Gasteiger partial charge in [0.1, 0.15) is 34.8 Å². The van der Waals surface area contributed by atoms with Gasteiger partial charge in [-0.15, -0.1) is 6.42 Å². The number of anilines is 1. The zero-order chi connectivity index (χ0) is 30.7. The number of terminal acetylenes is 1. The number of halogens is 3. The van der Waals surface area contributed by atoms with Crippen LogP contribution >= 0.6 is 0 Å². The van der Waals surface area contributed by atoms with Gasteiger partial charge in [-0.25, -0.2) is 13.2 Å². The van der Waals surface area contributed by atoms with Gasteiger partial charge in [0.25, 0.3) is 0 Å². The van der Waals surface area contributed by atoms with E-state index in [0.29, 0.717) is 35.7 Å². The van der Waals surface area contributed by atoms with Crippen LogP contribution in [0, 0.1) is 24.0 Å². The van der Waals surface area contributed by atoms with E-state index in [1.165, 1.54) is 50.4 Å². The van der Waals surface area contributed by atoms with Crippen LogP contribution < -0.4 is 15.4 Å². The number of aromatic nitrogens is 3. The highest BCUT2D eigenvalue weighted by Gasteiger charge is 2.48. The zero-order valence-corrected chi connectivity index (χ0v) is 24.4. The minimum atomic E-state index is -0.754. The average molecular weight is 603 g/mol. The number of phenolic OH excluding ortho intramolecular Hbond substituents is 1. The lowest BCUT2D eigenvalue weighted by atomic mass is 9.95. The van der Waals surface area contributed by atoms with Crippen LogP contribution in [0.1, 0.15) is 44.1 Å². The minimum absolute atomic E-state index is 0.000786. The second-order valence-electron chi connectivity index (χ2n) is 12.4. The Labute approximate surface area is 253 Å². The molecule has 3 saturated heterocycles. The van der Waals surface area contributed by atoms with E-state index in [9.17, 15) is 13.9 Å². The summed E-state index contributed by atoms with van der Waals surface area (Å²) in [4.78, 5) is 17.5. The van der Waals surface area contributed by atoms with Crippen molar-refractivity contribution in [2.75, 3.05) is 31.6 Å². The van der Waals surface area contributed by atoms with Crippen LogP contribution in [0.2, 0.25) is 0 Å². The predicted octanol–water partition coefficient (Wildman–Crippen LogP) is 5.08. The van der Waals surface area contributed by atoms with Crippen LogP contribution in [0.5, 0.6) is 11.8 Å². The maximum Gasteiger partial charge on any atom is 0.318 e. The van der Waals surface area contributed by atoms with E-state index in [1.54, 1.807) is 0 Å². The molecule has 4 aromatic rings. The number of alkyl halides is 1. The van der Waals surface area contributed by atoms with Gasteiger partial charge in [-0.3, -0.25) is 9.88 Å². The number of hydrogen-bond donors (Lipinski definition) is 2. The molecule has 3 aliphatic heterocycles. The number of ether oxygens (including phenoxy) is 1. The van der Waals surface area contributed by atoms with Crippen molar-refractivity contribution >= 4 is 27.5 Å². The highest BCUT2D eigenvalue weighted by Crippen LogP contribution is 2.44. The number of hydrogen-bond acceptors (Lipinski definition) is 8. The molecule has 0 radical (unpaired) electrons. The fourth-order valence-corrected chi connectivity index (χ4v) is 7.55. The molecule has 4 unspecified atom stereocenters. The van der Waals surface area contributed by atoms with Crippen LogP contribution in [-0.4, -0.2) is 75.5 Å². The van der Waals surface area contributed by atoms with Crippen molar-refractivity contribution in [1.82, 2.24) is 19.9 Å². The van der Waals surface area contributed by atoms with E-state index < -0.39 is 17.8 Å². The summed E-state index contributed by atoms with van der Waals surface area (Å²) in [5.74, 6) is 1.34. The first-order valence-electron chi connectivity index (χ1n) is 14.9. The smallest absolute Gasteiger partial charge is 0.318 e. The van der Waals surface area contributed by atoms with Gasteiger partial charge in [0.2, 0.25) is 0 Å². The molecule has 4 fully saturated rings. The SMILES string of the molecule is C#Cc1c(F)ccc2cc(O)cc(-c3ncc4c(N5CC6(N)CCC5C6)nc(OC)nc4c3F)c12.FC1CC2CCCN2C1. The van der Waals surface area contributed by atoms with Gasteiger partial charge in [0.15, 0.2) is 5.82 Å². The topological polar surface area (TPSA) is 101 Å². The monoisotopic (exact) mass is 602 g/mol. The number of methoxy groups -OCH3 is 1. The largest absolute Gasteiger partial charge is 0.508 e. The number of nitrogens with two attached hydrogens (primary N) is 1. The van der Waals surface area contributed by atoms with Crippen molar-refractivity contribution in [3.8, 4) is 35.4 Å². The van der Waals surface area contributed by atoms with E-state index >= 15 is 4.39 Å². The molecular weight excluding hydrogens is 569 g/mol. The fourth-order valence-electron chi connectivity index (χ4n) is 7.55. The molecule has 8 rings (SSSR count). The highest BCUT2D eigenvalue weighted by molar-refractivity contribution is 6.03. The summed E-state index contributed by atoms with van der Waals surface area (Å²) >= 11 is 0. The first kappa shape index (κ1) is 28.6. The summed E-state index contributed by atoms with van der Waals surface area (Å²) in [6.07, 6.45) is 12.6. The number of fused-ring (bicyclic) bond motifs is 5. The number of aromatic hydroxyl groups is 1. The molecule has 11 heteroatoms. The van der Waals surface area contributed by atoms with Crippen molar-refractivity contribution in [3.63, 3.8) is 0 Å². The first-order valence-corrected chi connectivity index (χ1v) is 14.9. The summed E-state index contributed by atoms with van der Waals surface area (Å²) in [5.41, 5.74) is 6.21. The second kappa shape index (κ2) is 10.8. The maximum absolute atomic E-state index is 16.1. The van der Waals surface area contributed by atoms with Crippen LogP contribution in [-0.2, 0) is 0 Å². The summed E-state index contributed by atoms with van der Waals surface area (Å²) in [7, 11) is 1.41. The standard InChI is InChI=1S/C26H21F2N5O2.C7H12FN/c1-3-16-19(27)5-4-13-8-15(34)9-17(20(13)16)22-21(28)23-18(11-30-22)24(32-25(31-23)35-2)33-12-26(29)7-6-14(33)10-26;8-6-4-7-2-1-3-9(7)5-6/h1,4-5,8-9,11,14,34H,6-7,10,12,29H2,2H3;6-7H,1-5H2.